The molecule has 0 aromatic heterocycles. The van der Waals surface area contributed by atoms with E-state index in [1.165, 1.54) is 6.92 Å². The third kappa shape index (κ3) is 14.1. The van der Waals surface area contributed by atoms with Gasteiger partial charge in [-0.25, -0.2) is 9.59 Å². The number of hydrogen-bond donors (Lipinski definition) is 6. The van der Waals surface area contributed by atoms with Crippen LogP contribution in [0.3, 0.4) is 0 Å². The average molecular weight is 683 g/mol. The zero-order chi connectivity index (χ0) is 35.8. The van der Waals surface area contributed by atoms with E-state index < -0.39 is 61.0 Å². The highest BCUT2D eigenvalue weighted by Gasteiger charge is 2.40. The average Bonchev–Trinajstić information content (AvgIpc) is 3.10. The molecule has 47 heavy (non-hydrogen) atoms. The van der Waals surface area contributed by atoms with Crippen LogP contribution in [0.1, 0.15) is 30.6 Å². The molecule has 4 atom stereocenters. The van der Waals surface area contributed by atoms with Gasteiger partial charge in [0, 0.05) is 24.9 Å². The highest BCUT2D eigenvalue weighted by molar-refractivity contribution is 7.99. The summed E-state index contributed by atoms with van der Waals surface area (Å²) in [5, 5.41) is 47.9. The standard InChI is InChI=1S/C22H26N2O4S.2C4H6O5/c1-15(25)28-20-21(16-9-11-17(27-4)12-10-16)29-19-8-6-5-7-18(19)24(22(20)26)14-13-23(2)3;2*5-2(4(8)9)1-3(6)7/h5-12,20-21H,13-14H2,1-4H3;2*2,5H,1H2,(H,6,7)(H,8,9)/t20-,21+;;/m1../s1. The fourth-order valence-corrected chi connectivity index (χ4v) is 5.06. The number of likely N-dealkylation sites (N-methyl/N-ethyl adjacent to an activating group) is 1. The molecule has 2 unspecified atom stereocenters. The highest BCUT2D eigenvalue weighted by Crippen LogP contribution is 2.46. The Morgan fingerprint density at radius 2 is 1.38 bits per heavy atom. The number of carboxylic acids is 4. The third-order valence-electron chi connectivity index (χ3n) is 6.01. The van der Waals surface area contributed by atoms with Crippen molar-refractivity contribution in [2.24, 2.45) is 0 Å². The molecule has 2 aromatic rings. The summed E-state index contributed by atoms with van der Waals surface area (Å²) in [5.74, 6) is -5.64. The Morgan fingerprint density at radius 3 is 1.79 bits per heavy atom. The number of rotatable bonds is 12. The molecule has 1 heterocycles. The van der Waals surface area contributed by atoms with E-state index >= 15 is 0 Å². The van der Waals surface area contributed by atoms with Crippen LogP contribution in [0.25, 0.3) is 0 Å². The number of methoxy groups -OCH3 is 1. The molecule has 1 amide bonds. The predicted octanol–water partition coefficient (Wildman–Crippen LogP) is 1.18. The summed E-state index contributed by atoms with van der Waals surface area (Å²) in [4.78, 5) is 69.0. The first kappa shape index (κ1) is 40.3. The number of para-hydroxylation sites is 1. The number of nitrogens with zero attached hydrogens (tertiary/aromatic N) is 2. The number of carbonyl (C=O) groups is 6. The normalized spacial score (nSPS) is 16.5. The van der Waals surface area contributed by atoms with E-state index in [4.69, 9.17) is 40.1 Å². The maximum atomic E-state index is 13.6. The lowest BCUT2D eigenvalue weighted by Crippen LogP contribution is -2.45. The van der Waals surface area contributed by atoms with Crippen LogP contribution in [0.15, 0.2) is 53.4 Å². The Kier molecular flexibility index (Phi) is 16.9. The van der Waals surface area contributed by atoms with Gasteiger partial charge in [0.2, 0.25) is 0 Å². The summed E-state index contributed by atoms with van der Waals surface area (Å²) in [6, 6.07) is 15.4. The fourth-order valence-electron chi connectivity index (χ4n) is 3.74. The minimum absolute atomic E-state index is 0.208. The zero-order valence-corrected chi connectivity index (χ0v) is 26.8. The molecule has 0 fully saturated rings. The predicted molar refractivity (Wildman–Crippen MR) is 166 cm³/mol. The molecule has 6 N–H and O–H groups in total. The molecule has 2 aromatic carbocycles. The molecule has 0 saturated heterocycles. The van der Waals surface area contributed by atoms with E-state index in [0.29, 0.717) is 13.1 Å². The summed E-state index contributed by atoms with van der Waals surface area (Å²) in [7, 11) is 5.54. The maximum Gasteiger partial charge on any atom is 0.333 e. The molecule has 17 heteroatoms. The Bertz CT molecular complexity index is 1350. The number of aliphatic hydroxyl groups is 2. The van der Waals surface area contributed by atoms with Crippen LogP contribution in [-0.4, -0.2) is 124 Å². The Balaban J connectivity index is 0.000000504. The Labute approximate surface area is 274 Å². The molecule has 0 saturated carbocycles. The second kappa shape index (κ2) is 19.7. The van der Waals surface area contributed by atoms with Crippen molar-refractivity contribution in [3.63, 3.8) is 0 Å². The molecule has 0 radical (unpaired) electrons. The van der Waals surface area contributed by atoms with Gasteiger partial charge in [0.15, 0.2) is 18.3 Å². The van der Waals surface area contributed by atoms with E-state index in [0.717, 1.165) is 21.9 Å². The van der Waals surface area contributed by atoms with Gasteiger partial charge < -0.3 is 49.9 Å². The quantitative estimate of drug-likeness (QED) is 0.172. The van der Waals surface area contributed by atoms with E-state index in [1.807, 2.05) is 67.5 Å². The minimum atomic E-state index is -1.79. The zero-order valence-electron chi connectivity index (χ0n) is 26.0. The molecule has 0 spiro atoms. The monoisotopic (exact) mass is 682 g/mol. The SMILES string of the molecule is COc1ccc([C@@H]2Sc3ccccc3N(CCN(C)C)C(=O)[C@@H]2OC(C)=O)cc1.O=C(O)CC(O)C(=O)O.O=C(O)CC(O)C(=O)O. The van der Waals surface area contributed by atoms with Gasteiger partial charge in [-0.05, 0) is 43.9 Å². The Morgan fingerprint density at radius 1 is 0.872 bits per heavy atom. The van der Waals surface area contributed by atoms with Crippen molar-refractivity contribution in [1.29, 1.82) is 0 Å². The van der Waals surface area contributed by atoms with Crippen molar-refractivity contribution in [3.8, 4) is 5.75 Å². The number of ether oxygens (including phenoxy) is 2. The molecule has 1 aliphatic rings. The van der Waals surface area contributed by atoms with Crippen LogP contribution in [-0.2, 0) is 33.5 Å². The number of amides is 1. The van der Waals surface area contributed by atoms with Gasteiger partial charge in [-0.3, -0.25) is 19.2 Å². The van der Waals surface area contributed by atoms with Crippen LogP contribution in [0.5, 0.6) is 5.75 Å². The number of fused-ring (bicyclic) bond motifs is 1. The van der Waals surface area contributed by atoms with Gasteiger partial charge >= 0.3 is 29.8 Å². The third-order valence-corrected chi connectivity index (χ3v) is 7.38. The number of hydrogen-bond acceptors (Lipinski definition) is 12. The largest absolute Gasteiger partial charge is 0.497 e. The van der Waals surface area contributed by atoms with Gasteiger partial charge in [-0.15, -0.1) is 11.8 Å². The minimum Gasteiger partial charge on any atom is -0.497 e. The summed E-state index contributed by atoms with van der Waals surface area (Å²) >= 11 is 1.54. The Hall–Kier alpha value is -4.71. The molecular weight excluding hydrogens is 644 g/mol. The number of benzene rings is 2. The lowest BCUT2D eigenvalue weighted by molar-refractivity contribution is -0.153. The number of esters is 1. The molecule has 0 aliphatic carbocycles. The molecule has 16 nitrogen and oxygen atoms in total. The van der Waals surface area contributed by atoms with Gasteiger partial charge in [0.1, 0.15) is 5.75 Å². The van der Waals surface area contributed by atoms with E-state index in [-0.39, 0.29) is 11.2 Å². The first-order chi connectivity index (χ1) is 22.0. The molecule has 258 valence electrons. The van der Waals surface area contributed by atoms with Crippen LogP contribution in [0, 0.1) is 0 Å². The van der Waals surface area contributed by atoms with Crippen LogP contribution in [0.2, 0.25) is 0 Å². The van der Waals surface area contributed by atoms with Crippen molar-refractivity contribution in [2.75, 3.05) is 39.2 Å². The smallest absolute Gasteiger partial charge is 0.333 e. The molecular formula is C30H38N2O14S. The van der Waals surface area contributed by atoms with Crippen molar-refractivity contribution < 1.29 is 68.9 Å². The van der Waals surface area contributed by atoms with Crippen LogP contribution in [0.4, 0.5) is 5.69 Å². The lowest BCUT2D eigenvalue weighted by atomic mass is 10.1. The van der Waals surface area contributed by atoms with Gasteiger partial charge in [-0.2, -0.15) is 0 Å². The number of aliphatic carboxylic acids is 4. The molecule has 3 rings (SSSR count). The first-order valence-corrected chi connectivity index (χ1v) is 14.6. The van der Waals surface area contributed by atoms with Crippen LogP contribution < -0.4 is 9.64 Å². The van der Waals surface area contributed by atoms with Gasteiger partial charge in [-0.1, -0.05) is 24.3 Å². The van der Waals surface area contributed by atoms with E-state index in [9.17, 15) is 28.8 Å². The van der Waals surface area contributed by atoms with E-state index in [2.05, 4.69) is 0 Å². The topological polar surface area (TPSA) is 249 Å². The van der Waals surface area contributed by atoms with E-state index in [1.54, 1.807) is 23.8 Å². The summed E-state index contributed by atoms with van der Waals surface area (Å²) in [5.41, 5.74) is 1.75. The van der Waals surface area contributed by atoms with Crippen molar-refractivity contribution >= 4 is 53.2 Å². The van der Waals surface area contributed by atoms with Crippen molar-refractivity contribution in [3.05, 3.63) is 54.1 Å². The maximum absolute atomic E-state index is 13.6. The first-order valence-electron chi connectivity index (χ1n) is 13.8. The number of thioether (sulfide) groups is 1. The van der Waals surface area contributed by atoms with Gasteiger partial charge in [0.05, 0.1) is 30.9 Å². The van der Waals surface area contributed by atoms with Crippen molar-refractivity contribution in [1.82, 2.24) is 4.90 Å². The number of carbonyl (C=O) groups excluding carboxylic acids is 2. The van der Waals surface area contributed by atoms with Crippen LogP contribution >= 0.6 is 11.8 Å². The van der Waals surface area contributed by atoms with Crippen molar-refractivity contribution in [2.45, 2.75) is 48.2 Å². The second-order valence-electron chi connectivity index (χ2n) is 10.0. The molecule has 0 bridgehead atoms. The fraction of sp³-hybridized carbons (Fsp3) is 0.400. The second-order valence-corrected chi connectivity index (χ2v) is 11.2. The lowest BCUT2D eigenvalue weighted by Gasteiger charge is -2.28. The molecule has 1 aliphatic heterocycles. The summed E-state index contributed by atoms with van der Waals surface area (Å²) in [6.07, 6.45) is -6.00. The summed E-state index contributed by atoms with van der Waals surface area (Å²) < 4.78 is 10.8. The number of anilines is 1. The summed E-state index contributed by atoms with van der Waals surface area (Å²) in [6.45, 7) is 2.55. The van der Waals surface area contributed by atoms with Gasteiger partial charge in [0.25, 0.3) is 5.91 Å². The number of aliphatic hydroxyl groups excluding tert-OH is 2. The highest BCUT2D eigenvalue weighted by atomic mass is 32.2. The number of carboxylic acid groups (broad SMARTS) is 4.